The second kappa shape index (κ2) is 5.59. The van der Waals surface area contributed by atoms with Gasteiger partial charge in [-0.25, -0.2) is 4.39 Å². The molecule has 0 spiro atoms. The minimum absolute atomic E-state index is 0.212. The fourth-order valence-electron chi connectivity index (χ4n) is 2.04. The summed E-state index contributed by atoms with van der Waals surface area (Å²) in [5.41, 5.74) is 8.93. The lowest BCUT2D eigenvalue weighted by molar-refractivity contribution is 0.386. The van der Waals surface area contributed by atoms with Gasteiger partial charge in [0.2, 0.25) is 0 Å². The number of rotatable bonds is 3. The first kappa shape index (κ1) is 14.5. The Bertz CT molecular complexity index is 646. The van der Waals surface area contributed by atoms with Crippen LogP contribution >= 0.6 is 11.6 Å². The van der Waals surface area contributed by atoms with Crippen LogP contribution in [0.3, 0.4) is 0 Å². The molecule has 0 heterocycles. The van der Waals surface area contributed by atoms with E-state index in [2.05, 4.69) is 0 Å². The Morgan fingerprint density at radius 3 is 2.55 bits per heavy atom. The fourth-order valence-corrected chi connectivity index (χ4v) is 2.26. The second-order valence-electron chi connectivity index (χ2n) is 4.52. The predicted octanol–water partition coefficient (Wildman–Crippen LogP) is 4.15. The highest BCUT2D eigenvalue weighted by Gasteiger charge is 2.12. The first-order chi connectivity index (χ1) is 9.43. The van der Waals surface area contributed by atoms with Gasteiger partial charge in [-0.05, 0) is 36.8 Å². The lowest BCUT2D eigenvalue weighted by Crippen LogP contribution is -2.12. The van der Waals surface area contributed by atoms with Gasteiger partial charge in [0.15, 0.2) is 11.6 Å². The third-order valence-corrected chi connectivity index (χ3v) is 3.49. The van der Waals surface area contributed by atoms with Crippen LogP contribution in [0, 0.1) is 12.7 Å². The van der Waals surface area contributed by atoms with Crippen molar-refractivity contribution < 1.29 is 9.13 Å². The van der Waals surface area contributed by atoms with Crippen molar-refractivity contribution in [2.45, 2.75) is 6.92 Å². The van der Waals surface area contributed by atoms with E-state index in [1.807, 2.05) is 18.9 Å². The topological polar surface area (TPSA) is 38.5 Å². The molecule has 106 valence electrons. The standard InChI is InChI=1S/C15H16ClFN2O/c1-9-13(18)6-10(16)7-14(9)19(2)11-4-5-15(20-3)12(17)8-11/h4-8H,18H2,1-3H3. The summed E-state index contributed by atoms with van der Waals surface area (Å²) < 4.78 is 18.7. The summed E-state index contributed by atoms with van der Waals surface area (Å²) in [6.07, 6.45) is 0. The van der Waals surface area contributed by atoms with E-state index in [4.69, 9.17) is 22.1 Å². The van der Waals surface area contributed by atoms with Crippen LogP contribution in [0.2, 0.25) is 5.02 Å². The van der Waals surface area contributed by atoms with Gasteiger partial charge in [0, 0.05) is 35.2 Å². The Hall–Kier alpha value is -1.94. The zero-order valence-electron chi connectivity index (χ0n) is 11.6. The number of halogens is 2. The minimum atomic E-state index is -0.412. The van der Waals surface area contributed by atoms with Crippen molar-refractivity contribution in [2.24, 2.45) is 0 Å². The van der Waals surface area contributed by atoms with Gasteiger partial charge < -0.3 is 15.4 Å². The van der Waals surface area contributed by atoms with Crippen molar-refractivity contribution in [1.29, 1.82) is 0 Å². The number of nitrogens with two attached hydrogens (primary N) is 1. The molecule has 0 aliphatic heterocycles. The van der Waals surface area contributed by atoms with Gasteiger partial charge in [-0.15, -0.1) is 0 Å². The maximum atomic E-state index is 13.8. The normalized spacial score (nSPS) is 10.4. The third kappa shape index (κ3) is 2.65. The van der Waals surface area contributed by atoms with Gasteiger partial charge in [0.1, 0.15) is 0 Å². The van der Waals surface area contributed by atoms with E-state index < -0.39 is 5.82 Å². The molecule has 0 saturated carbocycles. The van der Waals surface area contributed by atoms with Crippen LogP contribution < -0.4 is 15.4 Å². The molecule has 0 fully saturated rings. The lowest BCUT2D eigenvalue weighted by Gasteiger charge is -2.23. The van der Waals surface area contributed by atoms with Crippen molar-refractivity contribution >= 4 is 28.7 Å². The van der Waals surface area contributed by atoms with Crippen LogP contribution in [-0.4, -0.2) is 14.2 Å². The zero-order valence-corrected chi connectivity index (χ0v) is 12.3. The molecule has 5 heteroatoms. The second-order valence-corrected chi connectivity index (χ2v) is 4.95. The zero-order chi connectivity index (χ0) is 14.9. The fraction of sp³-hybridized carbons (Fsp3) is 0.200. The van der Waals surface area contributed by atoms with E-state index in [9.17, 15) is 4.39 Å². The summed E-state index contributed by atoms with van der Waals surface area (Å²) in [5, 5.41) is 0.545. The predicted molar refractivity (Wildman–Crippen MR) is 81.6 cm³/mol. The van der Waals surface area contributed by atoms with E-state index in [1.165, 1.54) is 13.2 Å². The number of benzene rings is 2. The third-order valence-electron chi connectivity index (χ3n) is 3.27. The summed E-state index contributed by atoms with van der Waals surface area (Å²) in [5.74, 6) is -0.200. The van der Waals surface area contributed by atoms with Gasteiger partial charge in [-0.3, -0.25) is 0 Å². The summed E-state index contributed by atoms with van der Waals surface area (Å²) >= 11 is 6.03. The Balaban J connectivity index is 2.46. The molecule has 0 saturated heterocycles. The van der Waals surface area contributed by atoms with Crippen molar-refractivity contribution in [3.05, 3.63) is 46.7 Å². The largest absolute Gasteiger partial charge is 0.494 e. The number of nitrogen functional groups attached to an aromatic ring is 1. The SMILES string of the molecule is COc1ccc(N(C)c2cc(Cl)cc(N)c2C)cc1F. The molecule has 2 N–H and O–H groups in total. The molecule has 0 unspecified atom stereocenters. The summed E-state index contributed by atoms with van der Waals surface area (Å²) in [4.78, 5) is 1.83. The molecular weight excluding hydrogens is 279 g/mol. The van der Waals surface area contributed by atoms with E-state index in [0.29, 0.717) is 16.4 Å². The highest BCUT2D eigenvalue weighted by atomic mass is 35.5. The van der Waals surface area contributed by atoms with Crippen LogP contribution in [0.1, 0.15) is 5.56 Å². The van der Waals surface area contributed by atoms with Crippen molar-refractivity contribution in [3.8, 4) is 5.75 Å². The van der Waals surface area contributed by atoms with Crippen molar-refractivity contribution in [1.82, 2.24) is 0 Å². The number of nitrogens with zero attached hydrogens (tertiary/aromatic N) is 1. The van der Waals surface area contributed by atoms with E-state index >= 15 is 0 Å². The van der Waals surface area contributed by atoms with Crippen LogP contribution in [0.15, 0.2) is 30.3 Å². The number of methoxy groups -OCH3 is 1. The van der Waals surface area contributed by atoms with Crippen molar-refractivity contribution in [2.75, 3.05) is 24.8 Å². The highest BCUT2D eigenvalue weighted by molar-refractivity contribution is 6.31. The van der Waals surface area contributed by atoms with Crippen LogP contribution in [0.5, 0.6) is 5.75 Å². The lowest BCUT2D eigenvalue weighted by atomic mass is 10.1. The molecule has 2 rings (SSSR count). The molecule has 0 radical (unpaired) electrons. The Morgan fingerprint density at radius 2 is 1.95 bits per heavy atom. The quantitative estimate of drug-likeness (QED) is 0.864. The number of ether oxygens (including phenoxy) is 1. The monoisotopic (exact) mass is 294 g/mol. The van der Waals surface area contributed by atoms with Crippen LogP contribution in [0.4, 0.5) is 21.5 Å². The molecule has 0 bridgehead atoms. The summed E-state index contributed by atoms with van der Waals surface area (Å²) in [6.45, 7) is 1.90. The van der Waals surface area contributed by atoms with E-state index in [1.54, 1.807) is 24.3 Å². The van der Waals surface area contributed by atoms with Crippen LogP contribution in [0.25, 0.3) is 0 Å². The molecule has 2 aromatic rings. The van der Waals surface area contributed by atoms with E-state index in [-0.39, 0.29) is 5.75 Å². The number of hydrogen-bond donors (Lipinski definition) is 1. The molecular formula is C15H16ClFN2O. The van der Waals surface area contributed by atoms with E-state index in [0.717, 1.165) is 11.3 Å². The minimum Gasteiger partial charge on any atom is -0.494 e. The molecule has 0 aromatic heterocycles. The Kier molecular flexibility index (Phi) is 4.04. The van der Waals surface area contributed by atoms with Gasteiger partial charge >= 0.3 is 0 Å². The van der Waals surface area contributed by atoms with Crippen LogP contribution in [-0.2, 0) is 0 Å². The molecule has 0 amide bonds. The van der Waals surface area contributed by atoms with Gasteiger partial charge in [0.25, 0.3) is 0 Å². The Morgan fingerprint density at radius 1 is 1.25 bits per heavy atom. The molecule has 0 atom stereocenters. The molecule has 3 nitrogen and oxygen atoms in total. The molecule has 20 heavy (non-hydrogen) atoms. The molecule has 0 aliphatic carbocycles. The van der Waals surface area contributed by atoms with Crippen molar-refractivity contribution in [3.63, 3.8) is 0 Å². The maximum absolute atomic E-state index is 13.8. The average Bonchev–Trinajstić information content (AvgIpc) is 2.42. The molecule has 0 aliphatic rings. The summed E-state index contributed by atoms with van der Waals surface area (Å²) in [6, 6.07) is 8.27. The summed E-state index contributed by atoms with van der Waals surface area (Å²) in [7, 11) is 3.27. The molecule has 2 aromatic carbocycles. The number of anilines is 3. The number of hydrogen-bond acceptors (Lipinski definition) is 3. The first-order valence-corrected chi connectivity index (χ1v) is 6.44. The first-order valence-electron chi connectivity index (χ1n) is 6.07. The Labute approximate surface area is 122 Å². The highest BCUT2D eigenvalue weighted by Crippen LogP contribution is 2.34. The smallest absolute Gasteiger partial charge is 0.167 e. The van der Waals surface area contributed by atoms with Gasteiger partial charge in [-0.1, -0.05) is 11.6 Å². The van der Waals surface area contributed by atoms with Gasteiger partial charge in [-0.2, -0.15) is 0 Å². The maximum Gasteiger partial charge on any atom is 0.167 e. The average molecular weight is 295 g/mol. The van der Waals surface area contributed by atoms with Gasteiger partial charge in [0.05, 0.1) is 7.11 Å².